The summed E-state index contributed by atoms with van der Waals surface area (Å²) in [6.45, 7) is 1.79. The lowest BCUT2D eigenvalue weighted by Gasteiger charge is -2.28. The molecule has 2 rings (SSSR count). The fraction of sp³-hybridized carbons (Fsp3) is 0.471. The predicted molar refractivity (Wildman–Crippen MR) is 80.7 cm³/mol. The standard InChI is InChI=1S/C17H20F2O4/c1-11-3-4-13(12-5-7-17(18,19)8-6-12)9-14(11)23-15(10-22-2)16(20)21/h3-4,9-10,12H,5-8H2,1-2H3,(H,20,21)/b15-10-. The Kier molecular flexibility index (Phi) is 5.23. The minimum Gasteiger partial charge on any atom is -0.500 e. The second kappa shape index (κ2) is 6.98. The number of methoxy groups -OCH3 is 1. The Morgan fingerprint density at radius 2 is 2.00 bits per heavy atom. The Labute approximate surface area is 133 Å². The highest BCUT2D eigenvalue weighted by molar-refractivity contribution is 5.84. The zero-order chi connectivity index (χ0) is 17.0. The number of rotatable bonds is 5. The highest BCUT2D eigenvalue weighted by atomic mass is 19.3. The van der Waals surface area contributed by atoms with Crippen LogP contribution in [0.3, 0.4) is 0 Å². The quantitative estimate of drug-likeness (QED) is 0.649. The van der Waals surface area contributed by atoms with Crippen molar-refractivity contribution in [3.05, 3.63) is 41.3 Å². The van der Waals surface area contributed by atoms with Crippen molar-refractivity contribution in [2.45, 2.75) is 44.4 Å². The van der Waals surface area contributed by atoms with Gasteiger partial charge in [0, 0.05) is 12.8 Å². The van der Waals surface area contributed by atoms with E-state index in [9.17, 15) is 13.6 Å². The van der Waals surface area contributed by atoms with Crippen LogP contribution in [0.2, 0.25) is 0 Å². The monoisotopic (exact) mass is 326 g/mol. The molecule has 1 aromatic carbocycles. The maximum atomic E-state index is 13.3. The average molecular weight is 326 g/mol. The molecular formula is C17H20F2O4. The number of hydrogen-bond donors (Lipinski definition) is 1. The van der Waals surface area contributed by atoms with Crippen LogP contribution in [0.15, 0.2) is 30.2 Å². The van der Waals surface area contributed by atoms with Gasteiger partial charge in [-0.1, -0.05) is 12.1 Å². The fourth-order valence-electron chi connectivity index (χ4n) is 2.70. The van der Waals surface area contributed by atoms with Gasteiger partial charge in [0.15, 0.2) is 0 Å². The SMILES string of the molecule is CO/C=C(\Oc1cc(C2CCC(F)(F)CC2)ccc1C)C(=O)O. The van der Waals surface area contributed by atoms with Gasteiger partial charge in [0.2, 0.25) is 11.7 Å². The van der Waals surface area contributed by atoms with E-state index in [1.54, 1.807) is 13.0 Å². The molecule has 1 saturated carbocycles. The third kappa shape index (κ3) is 4.43. The van der Waals surface area contributed by atoms with E-state index in [-0.39, 0.29) is 24.5 Å². The third-order valence-electron chi connectivity index (χ3n) is 4.06. The van der Waals surface area contributed by atoms with Crippen LogP contribution < -0.4 is 4.74 Å². The molecule has 1 aliphatic carbocycles. The molecule has 0 spiro atoms. The number of alkyl halides is 2. The largest absolute Gasteiger partial charge is 0.500 e. The van der Waals surface area contributed by atoms with E-state index >= 15 is 0 Å². The number of carbonyl (C=O) groups is 1. The first-order valence-electron chi connectivity index (χ1n) is 7.45. The summed E-state index contributed by atoms with van der Waals surface area (Å²) in [7, 11) is 1.33. The minimum atomic E-state index is -2.57. The Balaban J connectivity index is 2.19. The summed E-state index contributed by atoms with van der Waals surface area (Å²) >= 11 is 0. The number of carboxylic acid groups (broad SMARTS) is 1. The molecule has 0 bridgehead atoms. The molecule has 1 aliphatic rings. The maximum absolute atomic E-state index is 13.3. The van der Waals surface area contributed by atoms with Crippen LogP contribution in [-0.2, 0) is 9.53 Å². The molecule has 1 N–H and O–H groups in total. The average Bonchev–Trinajstić information content (AvgIpc) is 2.49. The van der Waals surface area contributed by atoms with Crippen LogP contribution in [0.1, 0.15) is 42.7 Å². The van der Waals surface area contributed by atoms with Crippen LogP contribution in [0.4, 0.5) is 8.78 Å². The molecular weight excluding hydrogens is 306 g/mol. The van der Waals surface area contributed by atoms with Crippen molar-refractivity contribution in [1.82, 2.24) is 0 Å². The maximum Gasteiger partial charge on any atom is 0.375 e. The van der Waals surface area contributed by atoms with E-state index in [0.29, 0.717) is 18.6 Å². The van der Waals surface area contributed by atoms with Crippen LogP contribution in [-0.4, -0.2) is 24.1 Å². The van der Waals surface area contributed by atoms with Crippen LogP contribution in [0, 0.1) is 6.92 Å². The number of ether oxygens (including phenoxy) is 2. The number of aliphatic carboxylic acids is 1. The second-order valence-corrected chi connectivity index (χ2v) is 5.78. The van der Waals surface area contributed by atoms with Crippen molar-refractivity contribution >= 4 is 5.97 Å². The van der Waals surface area contributed by atoms with Gasteiger partial charge in [-0.25, -0.2) is 13.6 Å². The summed E-state index contributed by atoms with van der Waals surface area (Å²) in [5.74, 6) is -3.71. The van der Waals surface area contributed by atoms with Gasteiger partial charge in [0.05, 0.1) is 7.11 Å². The fourth-order valence-corrected chi connectivity index (χ4v) is 2.70. The van der Waals surface area contributed by atoms with E-state index in [0.717, 1.165) is 17.4 Å². The lowest BCUT2D eigenvalue weighted by atomic mass is 9.82. The van der Waals surface area contributed by atoms with Gasteiger partial charge in [-0.2, -0.15) is 0 Å². The summed E-state index contributed by atoms with van der Waals surface area (Å²) in [4.78, 5) is 11.1. The van der Waals surface area contributed by atoms with Crippen LogP contribution in [0.5, 0.6) is 5.75 Å². The summed E-state index contributed by atoms with van der Waals surface area (Å²) < 4.78 is 36.6. The zero-order valence-corrected chi connectivity index (χ0v) is 13.1. The Bertz CT molecular complexity index is 601. The molecule has 23 heavy (non-hydrogen) atoms. The van der Waals surface area contributed by atoms with Gasteiger partial charge in [-0.05, 0) is 42.9 Å². The molecule has 0 radical (unpaired) electrons. The van der Waals surface area contributed by atoms with Gasteiger partial charge in [-0.3, -0.25) is 0 Å². The number of benzene rings is 1. The molecule has 1 fully saturated rings. The van der Waals surface area contributed by atoms with Gasteiger partial charge in [0.25, 0.3) is 0 Å². The summed E-state index contributed by atoms with van der Waals surface area (Å²) in [5.41, 5.74) is 1.65. The summed E-state index contributed by atoms with van der Waals surface area (Å²) in [5, 5.41) is 9.08. The Hall–Kier alpha value is -2.11. The minimum absolute atomic E-state index is 0.0391. The van der Waals surface area contributed by atoms with Gasteiger partial charge in [0.1, 0.15) is 12.0 Å². The predicted octanol–water partition coefficient (Wildman–Crippen LogP) is 4.24. The van der Waals surface area contributed by atoms with Crippen molar-refractivity contribution < 1.29 is 28.2 Å². The summed E-state index contributed by atoms with van der Waals surface area (Å²) in [6, 6.07) is 5.43. The lowest BCUT2D eigenvalue weighted by molar-refractivity contribution is -0.135. The molecule has 0 aliphatic heterocycles. The molecule has 126 valence electrons. The lowest BCUT2D eigenvalue weighted by Crippen LogP contribution is -2.23. The van der Waals surface area contributed by atoms with E-state index in [2.05, 4.69) is 0 Å². The second-order valence-electron chi connectivity index (χ2n) is 5.78. The third-order valence-corrected chi connectivity index (χ3v) is 4.06. The zero-order valence-electron chi connectivity index (χ0n) is 13.1. The number of halogens is 2. The van der Waals surface area contributed by atoms with E-state index in [1.807, 2.05) is 12.1 Å². The first kappa shape index (κ1) is 17.2. The first-order valence-corrected chi connectivity index (χ1v) is 7.45. The topological polar surface area (TPSA) is 55.8 Å². The highest BCUT2D eigenvalue weighted by Crippen LogP contribution is 2.41. The van der Waals surface area contributed by atoms with E-state index < -0.39 is 11.9 Å². The van der Waals surface area contributed by atoms with Crippen molar-refractivity contribution in [2.75, 3.05) is 7.11 Å². The van der Waals surface area contributed by atoms with Crippen molar-refractivity contribution in [3.63, 3.8) is 0 Å². The molecule has 0 atom stereocenters. The smallest absolute Gasteiger partial charge is 0.375 e. The summed E-state index contributed by atoms with van der Waals surface area (Å²) in [6.07, 6.45) is 1.59. The van der Waals surface area contributed by atoms with E-state index in [1.165, 1.54) is 7.11 Å². The number of aryl methyl sites for hydroxylation is 1. The number of hydrogen-bond acceptors (Lipinski definition) is 3. The molecule has 0 saturated heterocycles. The van der Waals surface area contributed by atoms with E-state index in [4.69, 9.17) is 14.6 Å². The van der Waals surface area contributed by atoms with Crippen molar-refractivity contribution in [1.29, 1.82) is 0 Å². The van der Waals surface area contributed by atoms with Gasteiger partial charge in [-0.15, -0.1) is 0 Å². The molecule has 0 unspecified atom stereocenters. The molecule has 4 nitrogen and oxygen atoms in total. The molecule has 6 heteroatoms. The molecule has 0 aromatic heterocycles. The number of carboxylic acids is 1. The Morgan fingerprint density at radius 1 is 1.35 bits per heavy atom. The van der Waals surface area contributed by atoms with Gasteiger partial charge < -0.3 is 14.6 Å². The highest BCUT2D eigenvalue weighted by Gasteiger charge is 2.35. The van der Waals surface area contributed by atoms with Crippen molar-refractivity contribution in [2.24, 2.45) is 0 Å². The van der Waals surface area contributed by atoms with Crippen molar-refractivity contribution in [3.8, 4) is 5.75 Å². The van der Waals surface area contributed by atoms with Gasteiger partial charge >= 0.3 is 5.97 Å². The molecule has 0 heterocycles. The molecule has 0 amide bonds. The first-order chi connectivity index (χ1) is 10.8. The Morgan fingerprint density at radius 3 is 2.57 bits per heavy atom. The normalized spacial score (nSPS) is 18.5. The van der Waals surface area contributed by atoms with Crippen LogP contribution in [0.25, 0.3) is 0 Å². The molecule has 1 aromatic rings. The van der Waals surface area contributed by atoms with Crippen LogP contribution >= 0.6 is 0 Å².